The molecule has 1 saturated heterocycles. The minimum Gasteiger partial charge on any atom is -0.481 e. The molecule has 1 aliphatic rings. The van der Waals surface area contributed by atoms with Crippen molar-refractivity contribution in [3.8, 4) is 0 Å². The number of nitrogens with zero attached hydrogens (tertiary/aromatic N) is 1. The summed E-state index contributed by atoms with van der Waals surface area (Å²) >= 11 is 0. The molecule has 0 aliphatic carbocycles. The third-order valence-electron chi connectivity index (χ3n) is 4.50. The van der Waals surface area contributed by atoms with Crippen LogP contribution in [0.25, 0.3) is 0 Å². The fraction of sp³-hybridized carbons (Fsp3) is 0.929. The number of hydrogen-bond donors (Lipinski definition) is 1. The van der Waals surface area contributed by atoms with Gasteiger partial charge in [-0.2, -0.15) is 0 Å². The topological polar surface area (TPSA) is 49.8 Å². The summed E-state index contributed by atoms with van der Waals surface area (Å²) in [6.07, 6.45) is 3.35. The second-order valence-electron chi connectivity index (χ2n) is 5.90. The molecular weight excluding hydrogens is 230 g/mol. The van der Waals surface area contributed by atoms with Crippen LogP contribution in [0, 0.1) is 5.92 Å². The van der Waals surface area contributed by atoms with E-state index in [0.717, 1.165) is 32.4 Å². The minimum atomic E-state index is -0.675. The van der Waals surface area contributed by atoms with Crippen LogP contribution in [-0.4, -0.2) is 47.8 Å². The molecule has 1 fully saturated rings. The van der Waals surface area contributed by atoms with E-state index < -0.39 is 5.97 Å². The molecule has 0 radical (unpaired) electrons. The number of hydrogen-bond acceptors (Lipinski definition) is 3. The van der Waals surface area contributed by atoms with Crippen LogP contribution in [-0.2, 0) is 9.53 Å². The molecule has 0 bridgehead atoms. The molecule has 0 aromatic heterocycles. The van der Waals surface area contributed by atoms with Crippen molar-refractivity contribution in [3.05, 3.63) is 0 Å². The Morgan fingerprint density at radius 1 is 1.44 bits per heavy atom. The zero-order chi connectivity index (χ0) is 13.8. The Hall–Kier alpha value is -0.610. The van der Waals surface area contributed by atoms with E-state index in [4.69, 9.17) is 9.84 Å². The Bertz CT molecular complexity index is 270. The zero-order valence-electron chi connectivity index (χ0n) is 12.1. The number of rotatable bonds is 6. The van der Waals surface area contributed by atoms with E-state index in [9.17, 15) is 4.79 Å². The fourth-order valence-corrected chi connectivity index (χ4v) is 2.57. The van der Waals surface area contributed by atoms with Gasteiger partial charge in [-0.15, -0.1) is 0 Å². The summed E-state index contributed by atoms with van der Waals surface area (Å²) in [6.45, 7) is 8.56. The number of ether oxygens (including phenoxy) is 1. The maximum atomic E-state index is 10.6. The van der Waals surface area contributed by atoms with Crippen molar-refractivity contribution in [1.29, 1.82) is 0 Å². The van der Waals surface area contributed by atoms with E-state index in [1.807, 2.05) is 0 Å². The van der Waals surface area contributed by atoms with Crippen LogP contribution >= 0.6 is 0 Å². The van der Waals surface area contributed by atoms with Crippen LogP contribution < -0.4 is 0 Å². The summed E-state index contributed by atoms with van der Waals surface area (Å²) < 4.78 is 5.54. The Balaban J connectivity index is 2.37. The predicted octanol–water partition coefficient (Wildman–Crippen LogP) is 2.38. The van der Waals surface area contributed by atoms with Crippen molar-refractivity contribution in [2.24, 2.45) is 5.92 Å². The third-order valence-corrected chi connectivity index (χ3v) is 4.50. The first-order valence-corrected chi connectivity index (χ1v) is 6.88. The maximum absolute atomic E-state index is 10.6. The van der Waals surface area contributed by atoms with Gasteiger partial charge in [0.2, 0.25) is 0 Å². The van der Waals surface area contributed by atoms with E-state index in [1.165, 1.54) is 0 Å². The smallest absolute Gasteiger partial charge is 0.303 e. The number of methoxy groups -OCH3 is 1. The number of aliphatic carboxylic acids is 1. The van der Waals surface area contributed by atoms with E-state index in [1.54, 1.807) is 7.11 Å². The summed E-state index contributed by atoms with van der Waals surface area (Å²) in [4.78, 5) is 13.0. The minimum absolute atomic E-state index is 0.131. The van der Waals surface area contributed by atoms with Crippen molar-refractivity contribution in [1.82, 2.24) is 4.90 Å². The van der Waals surface area contributed by atoms with Gasteiger partial charge in [-0.05, 0) is 59.0 Å². The largest absolute Gasteiger partial charge is 0.481 e. The number of likely N-dealkylation sites (tertiary alicyclic amines) is 1. The average molecular weight is 257 g/mol. The van der Waals surface area contributed by atoms with Gasteiger partial charge in [-0.1, -0.05) is 0 Å². The van der Waals surface area contributed by atoms with Crippen molar-refractivity contribution < 1.29 is 14.6 Å². The summed E-state index contributed by atoms with van der Waals surface area (Å²) in [5, 5.41) is 8.70. The molecule has 18 heavy (non-hydrogen) atoms. The molecule has 1 aliphatic heterocycles. The first-order chi connectivity index (χ1) is 8.36. The van der Waals surface area contributed by atoms with Crippen LogP contribution in [0.1, 0.15) is 46.5 Å². The second-order valence-corrected chi connectivity index (χ2v) is 5.90. The number of carboxylic acid groups (broad SMARTS) is 1. The summed E-state index contributed by atoms with van der Waals surface area (Å²) in [6, 6.07) is 0.392. The fourth-order valence-electron chi connectivity index (χ4n) is 2.57. The lowest BCUT2D eigenvalue weighted by molar-refractivity contribution is -0.137. The van der Waals surface area contributed by atoms with Crippen molar-refractivity contribution in [2.45, 2.75) is 58.1 Å². The van der Waals surface area contributed by atoms with Gasteiger partial charge in [-0.3, -0.25) is 9.69 Å². The van der Waals surface area contributed by atoms with Gasteiger partial charge in [0.15, 0.2) is 0 Å². The Morgan fingerprint density at radius 2 is 2.00 bits per heavy atom. The van der Waals surface area contributed by atoms with Crippen LogP contribution in [0.5, 0.6) is 0 Å². The van der Waals surface area contributed by atoms with E-state index in [2.05, 4.69) is 25.7 Å². The highest BCUT2D eigenvalue weighted by atomic mass is 16.5. The first kappa shape index (κ1) is 15.4. The second kappa shape index (κ2) is 6.53. The van der Waals surface area contributed by atoms with Crippen LogP contribution in [0.4, 0.5) is 0 Å². The molecule has 0 amide bonds. The summed E-state index contributed by atoms with van der Waals surface area (Å²) in [5.41, 5.74) is -0.131. The van der Waals surface area contributed by atoms with E-state index >= 15 is 0 Å². The quantitative estimate of drug-likeness (QED) is 0.793. The zero-order valence-corrected chi connectivity index (χ0v) is 12.1. The van der Waals surface area contributed by atoms with Gasteiger partial charge in [0, 0.05) is 19.6 Å². The number of carbonyl (C=O) groups is 1. The van der Waals surface area contributed by atoms with Crippen molar-refractivity contribution >= 4 is 5.97 Å². The lowest BCUT2D eigenvalue weighted by Gasteiger charge is -2.42. The standard InChI is InChI=1S/C14H27NO3/c1-11(14(2,3)18-4)15-9-7-12(8-10-15)5-6-13(16)17/h11-12H,5-10H2,1-4H3,(H,16,17). The molecule has 4 heteroatoms. The Morgan fingerprint density at radius 3 is 2.44 bits per heavy atom. The van der Waals surface area contributed by atoms with Crippen LogP contribution in [0.2, 0.25) is 0 Å². The summed E-state index contributed by atoms with van der Waals surface area (Å²) in [5.74, 6) is -0.0958. The first-order valence-electron chi connectivity index (χ1n) is 6.88. The highest BCUT2D eigenvalue weighted by Crippen LogP contribution is 2.27. The average Bonchev–Trinajstić information content (AvgIpc) is 2.36. The van der Waals surface area contributed by atoms with Crippen LogP contribution in [0.3, 0.4) is 0 Å². The van der Waals surface area contributed by atoms with Crippen molar-refractivity contribution in [3.63, 3.8) is 0 Å². The van der Waals surface area contributed by atoms with Gasteiger partial charge in [-0.25, -0.2) is 0 Å². The SMILES string of the molecule is COC(C)(C)C(C)N1CCC(CCC(=O)O)CC1. The monoisotopic (exact) mass is 257 g/mol. The predicted molar refractivity (Wildman–Crippen MR) is 71.7 cm³/mol. The molecular formula is C14H27NO3. The molecule has 106 valence electrons. The normalized spacial score (nSPS) is 20.9. The molecule has 0 aromatic rings. The summed E-state index contributed by atoms with van der Waals surface area (Å²) in [7, 11) is 1.76. The highest BCUT2D eigenvalue weighted by Gasteiger charge is 2.32. The molecule has 0 spiro atoms. The molecule has 1 heterocycles. The number of carboxylic acids is 1. The van der Waals surface area contributed by atoms with E-state index in [0.29, 0.717) is 18.4 Å². The highest BCUT2D eigenvalue weighted by molar-refractivity contribution is 5.66. The molecule has 1 unspecified atom stereocenters. The lowest BCUT2D eigenvalue weighted by atomic mass is 9.89. The maximum Gasteiger partial charge on any atom is 0.303 e. The van der Waals surface area contributed by atoms with Gasteiger partial charge in [0.25, 0.3) is 0 Å². The van der Waals surface area contributed by atoms with Crippen LogP contribution in [0.15, 0.2) is 0 Å². The van der Waals surface area contributed by atoms with E-state index in [-0.39, 0.29) is 5.60 Å². The van der Waals surface area contributed by atoms with Gasteiger partial charge in [0.1, 0.15) is 0 Å². The Labute approximate surface area is 110 Å². The Kier molecular flexibility index (Phi) is 5.60. The van der Waals surface area contributed by atoms with Gasteiger partial charge < -0.3 is 9.84 Å². The third kappa shape index (κ3) is 4.25. The van der Waals surface area contributed by atoms with Crippen molar-refractivity contribution in [2.75, 3.05) is 20.2 Å². The van der Waals surface area contributed by atoms with Gasteiger partial charge >= 0.3 is 5.97 Å². The molecule has 1 N–H and O–H groups in total. The molecule has 1 rings (SSSR count). The van der Waals surface area contributed by atoms with Gasteiger partial charge in [0.05, 0.1) is 5.60 Å². The molecule has 1 atom stereocenters. The number of piperidine rings is 1. The molecule has 0 aromatic carbocycles. The molecule has 4 nitrogen and oxygen atoms in total. The molecule has 0 saturated carbocycles. The lowest BCUT2D eigenvalue weighted by Crippen LogP contribution is -2.51.